The largest absolute Gasteiger partial charge is 0.435 e. The van der Waals surface area contributed by atoms with Crippen molar-refractivity contribution in [2.75, 3.05) is 11.9 Å². The highest BCUT2D eigenvalue weighted by Crippen LogP contribution is 2.35. The summed E-state index contributed by atoms with van der Waals surface area (Å²) >= 11 is 6.85. The molecule has 2 aromatic carbocycles. The van der Waals surface area contributed by atoms with Gasteiger partial charge >= 0.3 is 6.09 Å². The van der Waals surface area contributed by atoms with Crippen LogP contribution in [0.4, 0.5) is 10.5 Å². The predicted molar refractivity (Wildman–Crippen MR) is 115 cm³/mol. The molecule has 0 saturated heterocycles. The smallest absolute Gasteiger partial charge is 0.412 e. The fraction of sp³-hybridized carbons (Fsp3) is 0.143. The minimum atomic E-state index is -1.03. The summed E-state index contributed by atoms with van der Waals surface area (Å²) in [5, 5.41) is 2.64. The van der Waals surface area contributed by atoms with Gasteiger partial charge in [0.25, 0.3) is 0 Å². The number of rotatable bonds is 4. The first-order valence-electron chi connectivity index (χ1n) is 8.38. The summed E-state index contributed by atoms with van der Waals surface area (Å²) in [6.45, 7) is 0.268. The molecule has 3 rings (SSSR count). The molecule has 2 aromatic rings. The lowest BCUT2D eigenvalue weighted by Gasteiger charge is -2.37. The average molecular weight is 504 g/mol. The van der Waals surface area contributed by atoms with Crippen molar-refractivity contribution in [1.29, 1.82) is 0 Å². The van der Waals surface area contributed by atoms with Gasteiger partial charge in [0.1, 0.15) is 6.04 Å². The van der Waals surface area contributed by atoms with E-state index in [1.165, 1.54) is 6.08 Å². The number of benzene rings is 2. The Bertz CT molecular complexity index is 951. The van der Waals surface area contributed by atoms with E-state index < -0.39 is 18.2 Å². The first kappa shape index (κ1) is 20.2. The number of nitrogens with one attached hydrogen (secondary N) is 1. The number of hydrogen-bond donors (Lipinski definition) is 1. The highest BCUT2D eigenvalue weighted by atomic mass is 79.9. The number of terminal acetylenes is 1. The summed E-state index contributed by atoms with van der Waals surface area (Å²) in [5.41, 5.74) is 1.36. The third-order valence-corrected chi connectivity index (χ3v) is 5.43. The van der Waals surface area contributed by atoms with E-state index in [9.17, 15) is 9.59 Å². The summed E-state index contributed by atoms with van der Waals surface area (Å²) in [6, 6.07) is 14.0. The molecule has 0 aliphatic carbocycles. The first-order chi connectivity index (χ1) is 13.5. The number of carbonyl (C=O) groups excluding carboxylic acids is 2. The van der Waals surface area contributed by atoms with Gasteiger partial charge in [0, 0.05) is 26.9 Å². The fourth-order valence-corrected chi connectivity index (χ4v) is 3.70. The van der Waals surface area contributed by atoms with Crippen LogP contribution in [-0.2, 0) is 9.53 Å². The van der Waals surface area contributed by atoms with Crippen LogP contribution in [-0.4, -0.2) is 29.4 Å². The Morgan fingerprint density at radius 2 is 1.89 bits per heavy atom. The van der Waals surface area contributed by atoms with Crippen LogP contribution in [0.25, 0.3) is 0 Å². The number of ether oxygens (including phenoxy) is 1. The van der Waals surface area contributed by atoms with Gasteiger partial charge in [-0.1, -0.05) is 56.0 Å². The molecule has 5 nitrogen and oxygen atoms in total. The second-order valence-electron chi connectivity index (χ2n) is 6.02. The summed E-state index contributed by atoms with van der Waals surface area (Å²) in [7, 11) is 0. The molecule has 0 spiro atoms. The van der Waals surface area contributed by atoms with Crippen molar-refractivity contribution in [3.05, 3.63) is 75.3 Å². The molecule has 1 aliphatic rings. The van der Waals surface area contributed by atoms with E-state index in [2.05, 4.69) is 43.1 Å². The number of amides is 1. The summed E-state index contributed by atoms with van der Waals surface area (Å²) in [6.07, 6.45) is 6.75. The van der Waals surface area contributed by atoms with Gasteiger partial charge in [0.2, 0.25) is 0 Å². The Hall–Kier alpha value is -2.56. The van der Waals surface area contributed by atoms with Crippen molar-refractivity contribution >= 4 is 49.4 Å². The molecule has 1 N–H and O–H groups in total. The minimum Gasteiger partial charge on any atom is -0.435 e. The van der Waals surface area contributed by atoms with Crippen LogP contribution in [0.1, 0.15) is 11.6 Å². The maximum atomic E-state index is 12.6. The lowest BCUT2D eigenvalue weighted by atomic mass is 9.94. The summed E-state index contributed by atoms with van der Waals surface area (Å²) < 4.78 is 7.23. The van der Waals surface area contributed by atoms with Gasteiger partial charge in [-0.2, -0.15) is 0 Å². The molecule has 142 valence electrons. The predicted octanol–water partition coefficient (Wildman–Crippen LogP) is 4.90. The molecule has 0 bridgehead atoms. The number of nitrogens with zero attached hydrogens (tertiary/aromatic N) is 1. The third-order valence-electron chi connectivity index (χ3n) is 4.18. The second kappa shape index (κ2) is 9.09. The molecule has 1 heterocycles. The minimum absolute atomic E-state index is 0.268. The van der Waals surface area contributed by atoms with E-state index in [4.69, 9.17) is 11.2 Å². The second-order valence-corrected chi connectivity index (χ2v) is 7.79. The van der Waals surface area contributed by atoms with Gasteiger partial charge in [0.15, 0.2) is 11.9 Å². The van der Waals surface area contributed by atoms with E-state index in [0.717, 1.165) is 14.5 Å². The Morgan fingerprint density at radius 3 is 2.57 bits per heavy atom. The Morgan fingerprint density at radius 1 is 1.18 bits per heavy atom. The highest BCUT2D eigenvalue weighted by molar-refractivity contribution is 9.10. The van der Waals surface area contributed by atoms with Crippen LogP contribution in [0, 0.1) is 12.3 Å². The molecule has 7 heteroatoms. The first-order valence-corrected chi connectivity index (χ1v) is 9.97. The van der Waals surface area contributed by atoms with Crippen LogP contribution >= 0.6 is 31.9 Å². The molecule has 0 radical (unpaired) electrons. The van der Waals surface area contributed by atoms with E-state index in [1.807, 2.05) is 24.3 Å². The van der Waals surface area contributed by atoms with Crippen LogP contribution in [0.5, 0.6) is 0 Å². The quantitative estimate of drug-likeness (QED) is 0.603. The van der Waals surface area contributed by atoms with Crippen molar-refractivity contribution in [2.24, 2.45) is 0 Å². The van der Waals surface area contributed by atoms with Crippen LogP contribution < -0.4 is 5.32 Å². The van der Waals surface area contributed by atoms with E-state index in [1.54, 1.807) is 35.4 Å². The molecule has 0 aromatic heterocycles. The van der Waals surface area contributed by atoms with Gasteiger partial charge in [0.05, 0.1) is 6.54 Å². The van der Waals surface area contributed by atoms with Gasteiger partial charge in [-0.3, -0.25) is 10.1 Å². The fourth-order valence-electron chi connectivity index (χ4n) is 2.92. The maximum Gasteiger partial charge on any atom is 0.412 e. The molecule has 0 saturated carbocycles. The van der Waals surface area contributed by atoms with E-state index in [0.29, 0.717) is 5.69 Å². The Kier molecular flexibility index (Phi) is 6.55. The Labute approximate surface area is 180 Å². The zero-order chi connectivity index (χ0) is 20.1. The number of carbonyl (C=O) groups is 2. The lowest BCUT2D eigenvalue weighted by Crippen LogP contribution is -2.44. The van der Waals surface area contributed by atoms with Crippen molar-refractivity contribution in [3.63, 3.8) is 0 Å². The molecule has 2 atom stereocenters. The molecule has 0 unspecified atom stereocenters. The van der Waals surface area contributed by atoms with Gasteiger partial charge < -0.3 is 9.64 Å². The zero-order valence-electron chi connectivity index (χ0n) is 14.6. The molecule has 28 heavy (non-hydrogen) atoms. The third kappa shape index (κ3) is 4.64. The zero-order valence-corrected chi connectivity index (χ0v) is 17.8. The maximum absolute atomic E-state index is 12.6. The van der Waals surface area contributed by atoms with Crippen LogP contribution in [0.3, 0.4) is 0 Å². The van der Waals surface area contributed by atoms with Gasteiger partial charge in [-0.25, -0.2) is 4.79 Å². The van der Waals surface area contributed by atoms with Crippen molar-refractivity contribution in [2.45, 2.75) is 12.1 Å². The van der Waals surface area contributed by atoms with Crippen LogP contribution in [0.2, 0.25) is 0 Å². The molecule has 0 fully saturated rings. The molecule has 1 aliphatic heterocycles. The molecular formula is C21H16Br2N2O3. The van der Waals surface area contributed by atoms with E-state index >= 15 is 0 Å². The standard InChI is InChI=1S/C21H16Br2N2O3/c1-2-12-25-13-11-18(26)20(19(25)16-5-3-4-6-17(16)23)28-21(27)24-15-9-7-14(22)8-10-15/h1,3-11,13,19-20H,12H2,(H,24,27)/t19-,20-/m1/s1. The van der Waals surface area contributed by atoms with E-state index in [-0.39, 0.29) is 12.3 Å². The van der Waals surface area contributed by atoms with Crippen LogP contribution in [0.15, 0.2) is 69.8 Å². The number of halogens is 2. The van der Waals surface area contributed by atoms with Crippen molar-refractivity contribution < 1.29 is 14.3 Å². The average Bonchev–Trinajstić information content (AvgIpc) is 2.67. The Balaban J connectivity index is 1.87. The lowest BCUT2D eigenvalue weighted by molar-refractivity contribution is -0.126. The van der Waals surface area contributed by atoms with Gasteiger partial charge in [-0.15, -0.1) is 6.42 Å². The van der Waals surface area contributed by atoms with Crippen molar-refractivity contribution in [3.8, 4) is 12.3 Å². The van der Waals surface area contributed by atoms with Crippen molar-refractivity contribution in [1.82, 2.24) is 4.90 Å². The summed E-state index contributed by atoms with van der Waals surface area (Å²) in [5.74, 6) is 2.27. The monoisotopic (exact) mass is 502 g/mol. The number of anilines is 1. The number of hydrogen-bond acceptors (Lipinski definition) is 4. The molecule has 1 amide bonds. The number of ketones is 1. The normalized spacial score (nSPS) is 18.5. The van der Waals surface area contributed by atoms with Gasteiger partial charge in [-0.05, 0) is 35.9 Å². The molecular weight excluding hydrogens is 488 g/mol. The highest BCUT2D eigenvalue weighted by Gasteiger charge is 2.38. The summed E-state index contributed by atoms with van der Waals surface area (Å²) in [4.78, 5) is 26.8. The topological polar surface area (TPSA) is 58.6 Å². The SMILES string of the molecule is C#CCN1C=CC(=O)[C@@H](OC(=O)Nc2ccc(Br)cc2)[C@H]1c1ccccc1Br.